The first-order chi connectivity index (χ1) is 11.1. The van der Waals surface area contributed by atoms with E-state index in [-0.39, 0.29) is 17.9 Å². The Kier molecular flexibility index (Phi) is 4.24. The van der Waals surface area contributed by atoms with Crippen molar-refractivity contribution in [3.63, 3.8) is 0 Å². The maximum atomic E-state index is 12.2. The largest absolute Gasteiger partial charge is 0.361 e. The van der Waals surface area contributed by atoms with Crippen molar-refractivity contribution >= 4 is 27.5 Å². The van der Waals surface area contributed by atoms with Gasteiger partial charge in [0.15, 0.2) is 0 Å². The lowest BCUT2D eigenvalue weighted by Crippen LogP contribution is -2.31. The lowest BCUT2D eigenvalue weighted by Gasteiger charge is -2.07. The Morgan fingerprint density at radius 3 is 3.00 bits per heavy atom. The molecule has 0 saturated carbocycles. The first-order valence-electron chi connectivity index (χ1n) is 7.17. The Balaban J connectivity index is 1.59. The van der Waals surface area contributed by atoms with E-state index < -0.39 is 0 Å². The number of amides is 1. The Hall–Kier alpha value is -2.48. The average Bonchev–Trinajstić information content (AvgIpc) is 3.12. The van der Waals surface area contributed by atoms with Crippen molar-refractivity contribution in [1.29, 1.82) is 0 Å². The first kappa shape index (κ1) is 15.4. The van der Waals surface area contributed by atoms with Gasteiger partial charge in [-0.15, -0.1) is 11.3 Å². The minimum absolute atomic E-state index is 0.0787. The van der Waals surface area contributed by atoms with Gasteiger partial charge in [0.1, 0.15) is 10.5 Å². The predicted molar refractivity (Wildman–Crippen MR) is 86.6 cm³/mol. The number of hydrogen-bond acceptors (Lipinski definition) is 6. The molecular formula is C15H16N4O3S. The third kappa shape index (κ3) is 3.16. The van der Waals surface area contributed by atoms with Crippen molar-refractivity contribution in [2.45, 2.75) is 26.8 Å². The van der Waals surface area contributed by atoms with Gasteiger partial charge in [0.2, 0.25) is 5.91 Å². The van der Waals surface area contributed by atoms with Crippen LogP contribution in [0, 0.1) is 13.8 Å². The van der Waals surface area contributed by atoms with Gasteiger partial charge < -0.3 is 9.84 Å². The van der Waals surface area contributed by atoms with Gasteiger partial charge in [-0.05, 0) is 25.3 Å². The SMILES string of the molecule is Cc1noc(C)c1CC(=O)NCCn1cnc2ccsc2c1=O. The van der Waals surface area contributed by atoms with E-state index >= 15 is 0 Å². The number of thiophene rings is 1. The van der Waals surface area contributed by atoms with E-state index in [9.17, 15) is 9.59 Å². The summed E-state index contributed by atoms with van der Waals surface area (Å²) >= 11 is 1.37. The quantitative estimate of drug-likeness (QED) is 0.763. The van der Waals surface area contributed by atoms with Gasteiger partial charge in [0.25, 0.3) is 5.56 Å². The van der Waals surface area contributed by atoms with E-state index in [1.54, 1.807) is 13.8 Å². The Morgan fingerprint density at radius 1 is 1.43 bits per heavy atom. The zero-order valence-corrected chi connectivity index (χ0v) is 13.6. The van der Waals surface area contributed by atoms with Crippen LogP contribution in [0.2, 0.25) is 0 Å². The number of carbonyl (C=O) groups is 1. The molecule has 0 aliphatic carbocycles. The molecule has 3 heterocycles. The summed E-state index contributed by atoms with van der Waals surface area (Å²) in [5.74, 6) is 0.527. The molecule has 120 valence electrons. The van der Waals surface area contributed by atoms with Crippen molar-refractivity contribution in [3.05, 3.63) is 45.1 Å². The molecule has 1 amide bonds. The van der Waals surface area contributed by atoms with E-state index in [1.807, 2.05) is 11.4 Å². The van der Waals surface area contributed by atoms with Crippen molar-refractivity contribution < 1.29 is 9.32 Å². The summed E-state index contributed by atoms with van der Waals surface area (Å²) in [4.78, 5) is 28.4. The fourth-order valence-electron chi connectivity index (χ4n) is 2.33. The van der Waals surface area contributed by atoms with Crippen LogP contribution < -0.4 is 10.9 Å². The standard InChI is InChI=1S/C15H16N4O3S/c1-9-11(10(2)22-18-9)7-13(20)16-4-5-19-8-17-12-3-6-23-14(12)15(19)21/h3,6,8H,4-5,7H2,1-2H3,(H,16,20). The van der Waals surface area contributed by atoms with E-state index in [0.29, 0.717) is 29.1 Å². The predicted octanol–water partition coefficient (Wildman–Crippen LogP) is 1.42. The second-order valence-corrected chi connectivity index (χ2v) is 6.12. The molecule has 0 aliphatic heterocycles. The molecule has 0 fully saturated rings. The first-order valence-corrected chi connectivity index (χ1v) is 8.05. The number of aromatic nitrogens is 3. The lowest BCUT2D eigenvalue weighted by atomic mass is 10.1. The van der Waals surface area contributed by atoms with Gasteiger partial charge in [0, 0.05) is 18.7 Å². The second kappa shape index (κ2) is 6.33. The highest BCUT2D eigenvalue weighted by atomic mass is 32.1. The van der Waals surface area contributed by atoms with Gasteiger partial charge in [-0.1, -0.05) is 5.16 Å². The smallest absolute Gasteiger partial charge is 0.271 e. The maximum Gasteiger partial charge on any atom is 0.271 e. The molecule has 8 heteroatoms. The summed E-state index contributed by atoms with van der Waals surface area (Å²) in [5.41, 5.74) is 2.16. The molecule has 0 aromatic carbocycles. The minimum atomic E-state index is -0.127. The monoisotopic (exact) mass is 332 g/mol. The summed E-state index contributed by atoms with van der Waals surface area (Å²) in [7, 11) is 0. The molecule has 0 radical (unpaired) electrons. The molecule has 3 rings (SSSR count). The number of nitrogens with one attached hydrogen (secondary N) is 1. The molecule has 0 spiro atoms. The van der Waals surface area contributed by atoms with Crippen LogP contribution in [0.3, 0.4) is 0 Å². The van der Waals surface area contributed by atoms with Crippen LogP contribution in [0.5, 0.6) is 0 Å². The molecule has 7 nitrogen and oxygen atoms in total. The van der Waals surface area contributed by atoms with Crippen LogP contribution in [0.25, 0.3) is 10.2 Å². The normalized spacial score (nSPS) is 11.0. The van der Waals surface area contributed by atoms with E-state index in [1.165, 1.54) is 22.2 Å². The molecule has 1 N–H and O–H groups in total. The van der Waals surface area contributed by atoms with Crippen LogP contribution >= 0.6 is 11.3 Å². The minimum Gasteiger partial charge on any atom is -0.361 e. The molecule has 0 atom stereocenters. The van der Waals surface area contributed by atoms with Crippen LogP contribution in [-0.4, -0.2) is 27.2 Å². The number of rotatable bonds is 5. The van der Waals surface area contributed by atoms with Crippen molar-refractivity contribution in [2.24, 2.45) is 0 Å². The molecule has 0 aliphatic rings. The molecule has 0 unspecified atom stereocenters. The fraction of sp³-hybridized carbons (Fsp3) is 0.333. The van der Waals surface area contributed by atoms with Crippen LogP contribution in [0.1, 0.15) is 17.0 Å². The van der Waals surface area contributed by atoms with Gasteiger partial charge in [0.05, 0.1) is 24.0 Å². The molecule has 0 saturated heterocycles. The van der Waals surface area contributed by atoms with Crippen LogP contribution in [0.15, 0.2) is 27.1 Å². The van der Waals surface area contributed by atoms with E-state index in [4.69, 9.17) is 4.52 Å². The summed E-state index contributed by atoms with van der Waals surface area (Å²) in [6.07, 6.45) is 1.73. The van der Waals surface area contributed by atoms with Crippen LogP contribution in [-0.2, 0) is 17.8 Å². The molecule has 23 heavy (non-hydrogen) atoms. The van der Waals surface area contributed by atoms with Crippen molar-refractivity contribution in [1.82, 2.24) is 20.0 Å². The van der Waals surface area contributed by atoms with E-state index in [0.717, 1.165) is 11.3 Å². The van der Waals surface area contributed by atoms with Gasteiger partial charge in [-0.2, -0.15) is 0 Å². The fourth-order valence-corrected chi connectivity index (χ4v) is 3.12. The van der Waals surface area contributed by atoms with Gasteiger partial charge in [-0.3, -0.25) is 14.2 Å². The maximum absolute atomic E-state index is 12.2. The summed E-state index contributed by atoms with van der Waals surface area (Å²) in [6, 6.07) is 1.82. The average molecular weight is 332 g/mol. The zero-order valence-electron chi connectivity index (χ0n) is 12.8. The number of fused-ring (bicyclic) bond motifs is 1. The Morgan fingerprint density at radius 2 is 2.26 bits per heavy atom. The number of aryl methyl sites for hydroxylation is 2. The number of nitrogens with zero attached hydrogens (tertiary/aromatic N) is 3. The summed E-state index contributed by atoms with van der Waals surface area (Å²) < 4.78 is 7.18. The summed E-state index contributed by atoms with van der Waals surface area (Å²) in [5, 5.41) is 8.47. The Labute approximate surface area is 135 Å². The number of carbonyl (C=O) groups excluding carboxylic acids is 1. The summed E-state index contributed by atoms with van der Waals surface area (Å²) in [6.45, 7) is 4.33. The number of hydrogen-bond donors (Lipinski definition) is 1. The van der Waals surface area contributed by atoms with Crippen molar-refractivity contribution in [2.75, 3.05) is 6.54 Å². The molecule has 0 bridgehead atoms. The highest BCUT2D eigenvalue weighted by molar-refractivity contribution is 7.17. The topological polar surface area (TPSA) is 90.0 Å². The Bertz CT molecular complexity index is 889. The zero-order chi connectivity index (χ0) is 16.4. The highest BCUT2D eigenvalue weighted by Gasteiger charge is 2.13. The van der Waals surface area contributed by atoms with Gasteiger partial charge in [-0.25, -0.2) is 4.98 Å². The van der Waals surface area contributed by atoms with Crippen molar-refractivity contribution in [3.8, 4) is 0 Å². The third-order valence-electron chi connectivity index (χ3n) is 3.63. The lowest BCUT2D eigenvalue weighted by molar-refractivity contribution is -0.120. The van der Waals surface area contributed by atoms with Crippen LogP contribution in [0.4, 0.5) is 0 Å². The third-order valence-corrected chi connectivity index (χ3v) is 4.52. The molecule has 3 aromatic heterocycles. The second-order valence-electron chi connectivity index (χ2n) is 5.21. The molecular weight excluding hydrogens is 316 g/mol. The van der Waals surface area contributed by atoms with E-state index in [2.05, 4.69) is 15.5 Å². The van der Waals surface area contributed by atoms with Gasteiger partial charge >= 0.3 is 0 Å². The molecule has 3 aromatic rings. The highest BCUT2D eigenvalue weighted by Crippen LogP contribution is 2.13.